The molecule has 0 unspecified atom stereocenters. The lowest BCUT2D eigenvalue weighted by atomic mass is 10.0. The molecule has 0 aliphatic rings. The van der Waals surface area contributed by atoms with Crippen molar-refractivity contribution < 1.29 is 19.4 Å². The van der Waals surface area contributed by atoms with Crippen LogP contribution in [0.4, 0.5) is 0 Å². The SMILES string of the molecule is COC(=O)CN(C)C(=O)c1cc(C#CCO)ccc1C. The van der Waals surface area contributed by atoms with Gasteiger partial charge in [0.15, 0.2) is 0 Å². The fourth-order valence-corrected chi connectivity index (χ4v) is 1.61. The van der Waals surface area contributed by atoms with E-state index < -0.39 is 5.97 Å². The van der Waals surface area contributed by atoms with Gasteiger partial charge in [-0.2, -0.15) is 0 Å². The molecule has 0 spiro atoms. The summed E-state index contributed by atoms with van der Waals surface area (Å²) < 4.78 is 4.53. The van der Waals surface area contributed by atoms with Crippen molar-refractivity contribution in [1.29, 1.82) is 0 Å². The Morgan fingerprint density at radius 3 is 2.70 bits per heavy atom. The second kappa shape index (κ2) is 7.31. The minimum Gasteiger partial charge on any atom is -0.468 e. The third-order valence-corrected chi connectivity index (χ3v) is 2.72. The Bertz CT molecular complexity index is 569. The predicted octanol–water partition coefficient (Wildman–Crippen LogP) is 0.584. The monoisotopic (exact) mass is 275 g/mol. The van der Waals surface area contributed by atoms with Crippen molar-refractivity contribution in [2.45, 2.75) is 6.92 Å². The predicted molar refractivity (Wildman–Crippen MR) is 74.1 cm³/mol. The quantitative estimate of drug-likeness (QED) is 0.647. The van der Waals surface area contributed by atoms with Crippen molar-refractivity contribution >= 4 is 11.9 Å². The maximum atomic E-state index is 12.3. The number of aliphatic hydroxyl groups excluding tert-OH is 1. The van der Waals surface area contributed by atoms with Crippen molar-refractivity contribution in [3.8, 4) is 11.8 Å². The molecular formula is C15H17NO4. The summed E-state index contributed by atoms with van der Waals surface area (Å²) in [7, 11) is 2.81. The summed E-state index contributed by atoms with van der Waals surface area (Å²) in [6, 6.07) is 5.20. The van der Waals surface area contributed by atoms with Crippen LogP contribution in [0, 0.1) is 18.8 Å². The zero-order valence-electron chi connectivity index (χ0n) is 11.8. The van der Waals surface area contributed by atoms with Crippen LogP contribution in [0.3, 0.4) is 0 Å². The van der Waals surface area contributed by atoms with E-state index in [0.717, 1.165) is 5.56 Å². The van der Waals surface area contributed by atoms with Gasteiger partial charge in [0.2, 0.25) is 0 Å². The summed E-state index contributed by atoms with van der Waals surface area (Å²) in [4.78, 5) is 24.7. The average molecular weight is 275 g/mol. The number of aliphatic hydroxyl groups is 1. The topological polar surface area (TPSA) is 66.8 Å². The minimum atomic E-state index is -0.477. The molecule has 1 aromatic carbocycles. The van der Waals surface area contributed by atoms with Crippen LogP contribution in [-0.2, 0) is 9.53 Å². The first kappa shape index (κ1) is 15.7. The van der Waals surface area contributed by atoms with Crippen molar-refractivity contribution in [2.24, 2.45) is 0 Å². The highest BCUT2D eigenvalue weighted by Gasteiger charge is 2.17. The fraction of sp³-hybridized carbons (Fsp3) is 0.333. The molecule has 0 aliphatic heterocycles. The second-order valence-corrected chi connectivity index (χ2v) is 4.23. The third kappa shape index (κ3) is 4.11. The number of esters is 1. The Labute approximate surface area is 118 Å². The molecule has 0 aromatic heterocycles. The van der Waals surface area contributed by atoms with Gasteiger partial charge in [0.05, 0.1) is 7.11 Å². The number of benzene rings is 1. The van der Waals surface area contributed by atoms with Crippen LogP contribution >= 0.6 is 0 Å². The molecule has 20 heavy (non-hydrogen) atoms. The highest BCUT2D eigenvalue weighted by atomic mass is 16.5. The molecule has 106 valence electrons. The molecular weight excluding hydrogens is 258 g/mol. The van der Waals surface area contributed by atoms with Crippen LogP contribution in [0.1, 0.15) is 21.5 Å². The molecule has 5 nitrogen and oxygen atoms in total. The van der Waals surface area contributed by atoms with Crippen molar-refractivity contribution in [3.05, 3.63) is 34.9 Å². The van der Waals surface area contributed by atoms with Crippen LogP contribution in [0.2, 0.25) is 0 Å². The maximum absolute atomic E-state index is 12.3. The number of hydrogen-bond acceptors (Lipinski definition) is 4. The van der Waals surface area contributed by atoms with Gasteiger partial charge < -0.3 is 14.7 Å². The Kier molecular flexibility index (Phi) is 5.75. The fourth-order valence-electron chi connectivity index (χ4n) is 1.61. The largest absolute Gasteiger partial charge is 0.468 e. The minimum absolute atomic E-state index is 0.110. The zero-order valence-corrected chi connectivity index (χ0v) is 11.8. The molecule has 0 bridgehead atoms. The van der Waals surface area contributed by atoms with Crippen molar-refractivity contribution in [3.63, 3.8) is 0 Å². The molecule has 1 aromatic rings. The summed E-state index contributed by atoms with van der Waals surface area (Å²) >= 11 is 0. The summed E-state index contributed by atoms with van der Waals surface area (Å²) in [5, 5.41) is 8.67. The van der Waals surface area contributed by atoms with E-state index in [0.29, 0.717) is 11.1 Å². The average Bonchev–Trinajstić information content (AvgIpc) is 2.45. The van der Waals surface area contributed by atoms with E-state index in [1.807, 2.05) is 6.92 Å². The molecule has 0 aliphatic carbocycles. The van der Waals surface area contributed by atoms with E-state index >= 15 is 0 Å². The number of carbonyl (C=O) groups excluding carboxylic acids is 2. The van der Waals surface area contributed by atoms with E-state index in [-0.39, 0.29) is 19.1 Å². The van der Waals surface area contributed by atoms with Crippen LogP contribution < -0.4 is 0 Å². The summed E-state index contributed by atoms with van der Waals surface area (Å²) in [5.74, 6) is 4.52. The number of rotatable bonds is 3. The number of amides is 1. The van der Waals surface area contributed by atoms with E-state index in [1.165, 1.54) is 19.1 Å². The van der Waals surface area contributed by atoms with E-state index in [4.69, 9.17) is 5.11 Å². The highest BCUT2D eigenvalue weighted by molar-refractivity contribution is 5.97. The molecule has 1 amide bonds. The van der Waals surface area contributed by atoms with Gasteiger partial charge in [-0.15, -0.1) is 0 Å². The van der Waals surface area contributed by atoms with E-state index in [9.17, 15) is 9.59 Å². The van der Waals surface area contributed by atoms with Gasteiger partial charge in [0.25, 0.3) is 5.91 Å². The van der Waals surface area contributed by atoms with Gasteiger partial charge in [0, 0.05) is 18.2 Å². The number of aryl methyl sites for hydroxylation is 1. The standard InChI is InChI=1S/C15H17NO4/c1-11-6-7-12(5-4-8-17)9-13(11)15(19)16(2)10-14(18)20-3/h6-7,9,17H,8,10H2,1-3H3. The Hall–Kier alpha value is -2.32. The van der Waals surface area contributed by atoms with Crippen LogP contribution in [0.25, 0.3) is 0 Å². The van der Waals surface area contributed by atoms with Gasteiger partial charge in [-0.1, -0.05) is 17.9 Å². The van der Waals surface area contributed by atoms with E-state index in [2.05, 4.69) is 16.6 Å². The van der Waals surface area contributed by atoms with Crippen molar-refractivity contribution in [1.82, 2.24) is 4.90 Å². The molecule has 0 heterocycles. The van der Waals surface area contributed by atoms with Crippen LogP contribution in [0.5, 0.6) is 0 Å². The number of carbonyl (C=O) groups is 2. The Balaban J connectivity index is 2.99. The lowest BCUT2D eigenvalue weighted by molar-refractivity contribution is -0.141. The number of methoxy groups -OCH3 is 1. The molecule has 0 atom stereocenters. The molecule has 1 rings (SSSR count). The Morgan fingerprint density at radius 2 is 2.10 bits per heavy atom. The lowest BCUT2D eigenvalue weighted by Crippen LogP contribution is -2.33. The molecule has 0 radical (unpaired) electrons. The number of likely N-dealkylation sites (N-methyl/N-ethyl adjacent to an activating group) is 1. The van der Waals surface area contributed by atoms with Gasteiger partial charge >= 0.3 is 5.97 Å². The summed E-state index contributed by atoms with van der Waals surface area (Å²) in [5.41, 5.74) is 1.90. The Morgan fingerprint density at radius 1 is 1.40 bits per heavy atom. The molecule has 0 fully saturated rings. The second-order valence-electron chi connectivity index (χ2n) is 4.23. The highest BCUT2D eigenvalue weighted by Crippen LogP contribution is 2.13. The summed E-state index contributed by atoms with van der Waals surface area (Å²) in [6.07, 6.45) is 0. The molecule has 0 saturated carbocycles. The maximum Gasteiger partial charge on any atom is 0.325 e. The number of nitrogens with zero attached hydrogens (tertiary/aromatic N) is 1. The molecule has 1 N–H and O–H groups in total. The van der Waals surface area contributed by atoms with Crippen LogP contribution in [-0.4, -0.2) is 49.2 Å². The zero-order chi connectivity index (χ0) is 15.1. The number of hydrogen-bond donors (Lipinski definition) is 1. The van der Waals surface area contributed by atoms with Gasteiger partial charge in [0.1, 0.15) is 13.2 Å². The van der Waals surface area contributed by atoms with Gasteiger partial charge in [-0.05, 0) is 24.6 Å². The lowest BCUT2D eigenvalue weighted by Gasteiger charge is -2.17. The normalized spacial score (nSPS) is 9.40. The van der Waals surface area contributed by atoms with Gasteiger partial charge in [-0.3, -0.25) is 9.59 Å². The first-order valence-corrected chi connectivity index (χ1v) is 6.02. The summed E-state index contributed by atoms with van der Waals surface area (Å²) in [6.45, 7) is 1.46. The first-order chi connectivity index (χ1) is 9.49. The first-order valence-electron chi connectivity index (χ1n) is 6.02. The van der Waals surface area contributed by atoms with Gasteiger partial charge in [-0.25, -0.2) is 0 Å². The molecule has 0 saturated heterocycles. The smallest absolute Gasteiger partial charge is 0.325 e. The van der Waals surface area contributed by atoms with E-state index in [1.54, 1.807) is 18.2 Å². The third-order valence-electron chi connectivity index (χ3n) is 2.72. The van der Waals surface area contributed by atoms with Crippen LogP contribution in [0.15, 0.2) is 18.2 Å². The molecule has 5 heteroatoms. The number of ether oxygens (including phenoxy) is 1. The van der Waals surface area contributed by atoms with Crippen molar-refractivity contribution in [2.75, 3.05) is 27.3 Å².